The van der Waals surface area contributed by atoms with E-state index in [2.05, 4.69) is 17.4 Å². The Balaban J connectivity index is 1.93. The molecule has 0 spiro atoms. The number of ether oxygens (including phenoxy) is 1. The van der Waals surface area contributed by atoms with Gasteiger partial charge >= 0.3 is 5.97 Å². The third kappa shape index (κ3) is 2.21. The van der Waals surface area contributed by atoms with E-state index in [9.17, 15) is 9.00 Å². The Labute approximate surface area is 115 Å². The maximum absolute atomic E-state index is 12.3. The number of nitrogens with one attached hydrogen (secondary N) is 1. The van der Waals surface area contributed by atoms with Crippen LogP contribution in [-0.4, -0.2) is 34.3 Å². The lowest BCUT2D eigenvalue weighted by Gasteiger charge is -2.39. The number of hydrogen-bond acceptors (Lipinski definition) is 4. The van der Waals surface area contributed by atoms with Crippen LogP contribution in [0.1, 0.15) is 23.6 Å². The molecular formula is C14H17NO3S. The molecule has 1 aliphatic carbocycles. The van der Waals surface area contributed by atoms with Crippen LogP contribution in [0, 0.1) is 0 Å². The second-order valence-electron chi connectivity index (χ2n) is 5.04. The van der Waals surface area contributed by atoms with Crippen molar-refractivity contribution in [3.63, 3.8) is 0 Å². The van der Waals surface area contributed by atoms with Gasteiger partial charge in [-0.3, -0.25) is 14.3 Å². The number of benzene rings is 1. The maximum Gasteiger partial charge on any atom is 0.323 e. The molecule has 1 aromatic carbocycles. The predicted molar refractivity (Wildman–Crippen MR) is 73.2 cm³/mol. The molecule has 0 amide bonds. The van der Waals surface area contributed by atoms with Gasteiger partial charge in [-0.2, -0.15) is 0 Å². The minimum atomic E-state index is -0.980. The molecule has 1 N–H and O–H groups in total. The van der Waals surface area contributed by atoms with Crippen LogP contribution >= 0.6 is 0 Å². The van der Waals surface area contributed by atoms with Gasteiger partial charge < -0.3 is 4.74 Å². The number of methoxy groups -OCH3 is 1. The first-order valence-corrected chi connectivity index (χ1v) is 7.88. The lowest BCUT2D eigenvalue weighted by Crippen LogP contribution is -2.55. The van der Waals surface area contributed by atoms with E-state index in [4.69, 9.17) is 4.74 Å². The zero-order chi connectivity index (χ0) is 13.4. The summed E-state index contributed by atoms with van der Waals surface area (Å²) in [7, 11) is 0.389. The van der Waals surface area contributed by atoms with Crippen molar-refractivity contribution in [2.45, 2.75) is 30.2 Å². The molecule has 0 saturated carbocycles. The van der Waals surface area contributed by atoms with Gasteiger partial charge in [0.2, 0.25) is 0 Å². The Morgan fingerprint density at radius 3 is 3.00 bits per heavy atom. The first-order valence-electron chi connectivity index (χ1n) is 6.49. The van der Waals surface area contributed by atoms with E-state index < -0.39 is 16.8 Å². The van der Waals surface area contributed by atoms with Gasteiger partial charge in [0.15, 0.2) is 0 Å². The van der Waals surface area contributed by atoms with Crippen LogP contribution < -0.4 is 5.32 Å². The van der Waals surface area contributed by atoms with Gasteiger partial charge in [-0.1, -0.05) is 24.3 Å². The fourth-order valence-corrected chi connectivity index (χ4v) is 4.76. The lowest BCUT2D eigenvalue weighted by molar-refractivity contribution is -0.142. The molecule has 3 rings (SSSR count). The second-order valence-corrected chi connectivity index (χ2v) is 6.74. The van der Waals surface area contributed by atoms with Crippen LogP contribution in [0.15, 0.2) is 24.3 Å². The molecule has 19 heavy (non-hydrogen) atoms. The highest BCUT2D eigenvalue weighted by molar-refractivity contribution is 7.85. The quantitative estimate of drug-likeness (QED) is 0.777. The Hall–Kier alpha value is -1.20. The summed E-state index contributed by atoms with van der Waals surface area (Å²) < 4.78 is 17.1. The Morgan fingerprint density at radius 2 is 2.21 bits per heavy atom. The molecule has 102 valence electrons. The summed E-state index contributed by atoms with van der Waals surface area (Å²) in [4.78, 5) is 11.7. The van der Waals surface area contributed by atoms with Crippen LogP contribution in [0.25, 0.3) is 0 Å². The van der Waals surface area contributed by atoms with E-state index in [0.29, 0.717) is 5.75 Å². The van der Waals surface area contributed by atoms with Crippen molar-refractivity contribution >= 4 is 16.8 Å². The molecule has 0 aromatic heterocycles. The zero-order valence-electron chi connectivity index (χ0n) is 10.8. The fraction of sp³-hybridized carbons (Fsp3) is 0.500. The minimum absolute atomic E-state index is 0.00336. The Kier molecular flexibility index (Phi) is 3.41. The number of fused-ring (bicyclic) bond motifs is 3. The second kappa shape index (κ2) is 5.06. The third-order valence-corrected chi connectivity index (χ3v) is 5.84. The summed E-state index contributed by atoms with van der Waals surface area (Å²) in [5.41, 5.74) is 2.47. The van der Waals surface area contributed by atoms with Gasteiger partial charge in [-0.15, -0.1) is 0 Å². The van der Waals surface area contributed by atoms with E-state index >= 15 is 0 Å². The molecule has 1 aromatic rings. The van der Waals surface area contributed by atoms with Crippen molar-refractivity contribution < 1.29 is 13.7 Å². The number of esters is 1. The van der Waals surface area contributed by atoms with E-state index in [1.165, 1.54) is 18.2 Å². The average Bonchev–Trinajstić information content (AvgIpc) is 2.46. The van der Waals surface area contributed by atoms with E-state index in [1.54, 1.807) is 0 Å². The number of aryl methyl sites for hydroxylation is 1. The lowest BCUT2D eigenvalue weighted by atomic mass is 9.86. The molecule has 0 bridgehead atoms. The smallest absolute Gasteiger partial charge is 0.323 e. The summed E-state index contributed by atoms with van der Waals surface area (Å²) in [6.45, 7) is 0. The van der Waals surface area contributed by atoms with Crippen molar-refractivity contribution in [3.05, 3.63) is 35.4 Å². The Bertz CT molecular complexity index is 531. The monoisotopic (exact) mass is 279 g/mol. The highest BCUT2D eigenvalue weighted by Crippen LogP contribution is 2.35. The maximum atomic E-state index is 12.3. The van der Waals surface area contributed by atoms with Gasteiger partial charge in [0.05, 0.1) is 18.1 Å². The summed E-state index contributed by atoms with van der Waals surface area (Å²) in [5, 5.41) is 3.43. The molecule has 1 aliphatic heterocycles. The number of hydrogen-bond donors (Lipinski definition) is 1. The summed E-state index contributed by atoms with van der Waals surface area (Å²) in [5.74, 6) is 0.0329. The van der Waals surface area contributed by atoms with Gasteiger partial charge in [0.25, 0.3) is 0 Å². The number of carbonyl (C=O) groups is 1. The van der Waals surface area contributed by atoms with Crippen LogP contribution in [0.3, 0.4) is 0 Å². The first kappa shape index (κ1) is 12.8. The van der Waals surface area contributed by atoms with Crippen molar-refractivity contribution in [1.82, 2.24) is 5.32 Å². The SMILES string of the molecule is COC(=O)C1CS(=O)C2CCc3ccccc3C2N1. The van der Waals surface area contributed by atoms with Crippen molar-refractivity contribution in [3.8, 4) is 0 Å². The van der Waals surface area contributed by atoms with Crippen LogP contribution in [0.4, 0.5) is 0 Å². The molecule has 5 heteroatoms. The molecule has 4 unspecified atom stereocenters. The summed E-state index contributed by atoms with van der Waals surface area (Å²) in [6, 6.07) is 7.74. The number of rotatable bonds is 1. The first-order chi connectivity index (χ1) is 9.20. The highest BCUT2D eigenvalue weighted by Gasteiger charge is 2.41. The van der Waals surface area contributed by atoms with Gasteiger partial charge in [-0.05, 0) is 24.0 Å². The van der Waals surface area contributed by atoms with Crippen molar-refractivity contribution in [2.75, 3.05) is 12.9 Å². The van der Waals surface area contributed by atoms with E-state index in [1.807, 2.05) is 12.1 Å². The molecule has 1 saturated heterocycles. The summed E-state index contributed by atoms with van der Waals surface area (Å²) >= 11 is 0. The average molecular weight is 279 g/mol. The molecular weight excluding hydrogens is 262 g/mol. The zero-order valence-corrected chi connectivity index (χ0v) is 11.6. The van der Waals surface area contributed by atoms with Crippen molar-refractivity contribution in [1.29, 1.82) is 0 Å². The molecule has 0 radical (unpaired) electrons. The molecule has 1 heterocycles. The molecule has 4 nitrogen and oxygen atoms in total. The van der Waals surface area contributed by atoms with Crippen molar-refractivity contribution in [2.24, 2.45) is 0 Å². The predicted octanol–water partition coefficient (Wildman–Crippen LogP) is 0.936. The normalized spacial score (nSPS) is 33.1. The van der Waals surface area contributed by atoms with Crippen LogP contribution in [0.2, 0.25) is 0 Å². The van der Waals surface area contributed by atoms with E-state index in [-0.39, 0.29) is 17.3 Å². The topological polar surface area (TPSA) is 55.4 Å². The largest absolute Gasteiger partial charge is 0.468 e. The third-order valence-electron chi connectivity index (χ3n) is 4.00. The highest BCUT2D eigenvalue weighted by atomic mass is 32.2. The van der Waals surface area contributed by atoms with E-state index in [0.717, 1.165) is 12.8 Å². The van der Waals surface area contributed by atoms with Gasteiger partial charge in [0.1, 0.15) is 6.04 Å². The van der Waals surface area contributed by atoms with Crippen LogP contribution in [0.5, 0.6) is 0 Å². The van der Waals surface area contributed by atoms with Gasteiger partial charge in [-0.25, -0.2) is 0 Å². The standard InChI is InChI=1S/C14H17NO3S/c1-18-14(16)11-8-19(17)12-7-6-9-4-2-3-5-10(9)13(12)15-11/h2-5,11-13,15H,6-8H2,1H3. The van der Waals surface area contributed by atoms with Crippen LogP contribution in [-0.2, 0) is 26.8 Å². The summed E-state index contributed by atoms with van der Waals surface area (Å²) in [6.07, 6.45) is 1.88. The molecule has 2 aliphatic rings. The fourth-order valence-electron chi connectivity index (χ4n) is 3.04. The number of carbonyl (C=O) groups excluding carboxylic acids is 1. The molecule has 1 fully saturated rings. The Morgan fingerprint density at radius 1 is 1.42 bits per heavy atom. The minimum Gasteiger partial charge on any atom is -0.468 e. The molecule has 4 atom stereocenters. The van der Waals surface area contributed by atoms with Gasteiger partial charge in [0, 0.05) is 16.8 Å².